The molecule has 20 heavy (non-hydrogen) atoms. The van der Waals surface area contributed by atoms with E-state index < -0.39 is 30.3 Å². The molecule has 0 aliphatic heterocycles. The van der Waals surface area contributed by atoms with Crippen LogP contribution in [0.5, 0.6) is 0 Å². The summed E-state index contributed by atoms with van der Waals surface area (Å²) in [5.41, 5.74) is -0.371. The lowest BCUT2D eigenvalue weighted by atomic mass is 9.81. The minimum absolute atomic E-state index is 0.144. The molecule has 0 aromatic carbocycles. The molecule has 0 saturated carbocycles. The Hall–Kier alpha value is -0.950. The van der Waals surface area contributed by atoms with E-state index in [0.717, 1.165) is 0 Å². The van der Waals surface area contributed by atoms with Gasteiger partial charge >= 0.3 is 18.3 Å². The number of carbonyl (C=O) groups excluding carboxylic acids is 1. The number of esters is 1. The third-order valence-electron chi connectivity index (χ3n) is 3.05. The van der Waals surface area contributed by atoms with Gasteiger partial charge in [-0.15, -0.1) is 0 Å². The van der Waals surface area contributed by atoms with Gasteiger partial charge in [0.2, 0.25) is 0 Å². The van der Waals surface area contributed by atoms with E-state index >= 15 is 0 Å². The Bertz CT molecular complexity index is 318. The van der Waals surface area contributed by atoms with Crippen LogP contribution in [0.15, 0.2) is 0 Å². The Morgan fingerprint density at radius 1 is 1.05 bits per heavy atom. The molecule has 2 nitrogen and oxygen atoms in total. The van der Waals surface area contributed by atoms with Gasteiger partial charge in [0.25, 0.3) is 6.10 Å². The second-order valence-electron chi connectivity index (χ2n) is 5.52. The minimum Gasteiger partial charge on any atom is -0.443 e. The van der Waals surface area contributed by atoms with Gasteiger partial charge in [-0.25, -0.2) is 0 Å². The summed E-state index contributed by atoms with van der Waals surface area (Å²) < 4.78 is 77.1. The highest BCUT2D eigenvalue weighted by Gasteiger charge is 2.60. The lowest BCUT2D eigenvalue weighted by molar-refractivity contribution is -0.314. The number of alkyl halides is 6. The summed E-state index contributed by atoms with van der Waals surface area (Å²) >= 11 is 0. The van der Waals surface area contributed by atoms with E-state index in [1.54, 1.807) is 13.8 Å². The fraction of sp³-hybridized carbons (Fsp3) is 0.917. The van der Waals surface area contributed by atoms with Crippen molar-refractivity contribution in [1.29, 1.82) is 0 Å². The molecule has 0 fully saturated rings. The van der Waals surface area contributed by atoms with Crippen LogP contribution >= 0.6 is 0 Å². The van der Waals surface area contributed by atoms with Crippen LogP contribution < -0.4 is 0 Å². The third kappa shape index (κ3) is 6.00. The second kappa shape index (κ2) is 6.22. The molecular weight excluding hydrogens is 290 g/mol. The fourth-order valence-electron chi connectivity index (χ4n) is 1.61. The summed E-state index contributed by atoms with van der Waals surface area (Å²) in [5.74, 6) is -2.54. The zero-order valence-electron chi connectivity index (χ0n) is 11.7. The van der Waals surface area contributed by atoms with E-state index in [2.05, 4.69) is 4.74 Å². The van der Waals surface area contributed by atoms with Crippen molar-refractivity contribution in [2.24, 2.45) is 11.3 Å². The average Bonchev–Trinajstić information content (AvgIpc) is 2.21. The molecule has 0 radical (unpaired) electrons. The summed E-state index contributed by atoms with van der Waals surface area (Å²) in [6.07, 6.45) is -14.6. The minimum atomic E-state index is -5.67. The SMILES string of the molecule is CCC(C)(C)CC(C)C(=O)OC(C(F)(F)F)C(F)(F)F. The lowest BCUT2D eigenvalue weighted by Crippen LogP contribution is -2.46. The van der Waals surface area contributed by atoms with Crippen molar-refractivity contribution >= 4 is 5.97 Å². The van der Waals surface area contributed by atoms with E-state index in [1.807, 2.05) is 6.92 Å². The van der Waals surface area contributed by atoms with Gasteiger partial charge in [0.1, 0.15) is 0 Å². The Labute approximate surface area is 113 Å². The first-order chi connectivity index (χ1) is 8.70. The lowest BCUT2D eigenvalue weighted by Gasteiger charge is -2.28. The molecule has 0 N–H and O–H groups in total. The van der Waals surface area contributed by atoms with Gasteiger partial charge in [-0.1, -0.05) is 34.1 Å². The van der Waals surface area contributed by atoms with Crippen molar-refractivity contribution in [1.82, 2.24) is 0 Å². The summed E-state index contributed by atoms with van der Waals surface area (Å²) in [7, 11) is 0. The molecule has 0 spiro atoms. The van der Waals surface area contributed by atoms with Gasteiger partial charge < -0.3 is 4.74 Å². The predicted octanol–water partition coefficient (Wildman–Crippen LogP) is 4.49. The van der Waals surface area contributed by atoms with Crippen molar-refractivity contribution < 1.29 is 35.9 Å². The quantitative estimate of drug-likeness (QED) is 0.553. The number of ether oxygens (including phenoxy) is 1. The van der Waals surface area contributed by atoms with E-state index in [0.29, 0.717) is 6.42 Å². The van der Waals surface area contributed by atoms with Crippen LogP contribution in [0.4, 0.5) is 26.3 Å². The Kier molecular flexibility index (Phi) is 5.92. The molecule has 0 aromatic heterocycles. The maximum atomic E-state index is 12.2. The van der Waals surface area contributed by atoms with Crippen molar-refractivity contribution in [3.05, 3.63) is 0 Å². The van der Waals surface area contributed by atoms with Crippen molar-refractivity contribution in [3.63, 3.8) is 0 Å². The Morgan fingerprint density at radius 2 is 1.45 bits per heavy atom. The average molecular weight is 308 g/mol. The summed E-state index contributed by atoms with van der Waals surface area (Å²) in [6, 6.07) is 0. The highest BCUT2D eigenvalue weighted by molar-refractivity contribution is 5.72. The summed E-state index contributed by atoms with van der Waals surface area (Å²) in [6.45, 7) is 6.60. The molecular formula is C12H18F6O2. The number of hydrogen-bond donors (Lipinski definition) is 0. The van der Waals surface area contributed by atoms with Crippen LogP contribution in [0.1, 0.15) is 40.5 Å². The van der Waals surface area contributed by atoms with E-state index in [-0.39, 0.29) is 11.8 Å². The number of carbonyl (C=O) groups is 1. The van der Waals surface area contributed by atoms with Gasteiger partial charge in [-0.2, -0.15) is 26.3 Å². The predicted molar refractivity (Wildman–Crippen MR) is 59.8 cm³/mol. The Morgan fingerprint density at radius 3 is 1.75 bits per heavy atom. The molecule has 0 aromatic rings. The van der Waals surface area contributed by atoms with Crippen LogP contribution in [0.3, 0.4) is 0 Å². The third-order valence-corrected chi connectivity index (χ3v) is 3.05. The van der Waals surface area contributed by atoms with E-state index in [9.17, 15) is 31.1 Å². The zero-order chi connectivity index (χ0) is 16.4. The smallest absolute Gasteiger partial charge is 0.434 e. The maximum Gasteiger partial charge on any atom is 0.434 e. The number of rotatable bonds is 5. The number of halogens is 6. The molecule has 0 heterocycles. The number of hydrogen-bond acceptors (Lipinski definition) is 2. The van der Waals surface area contributed by atoms with Crippen molar-refractivity contribution in [3.8, 4) is 0 Å². The highest BCUT2D eigenvalue weighted by Crippen LogP contribution is 2.37. The zero-order valence-corrected chi connectivity index (χ0v) is 11.7. The van der Waals surface area contributed by atoms with Gasteiger partial charge in [0.05, 0.1) is 5.92 Å². The Balaban J connectivity index is 4.87. The van der Waals surface area contributed by atoms with Gasteiger partial charge in [-0.05, 0) is 11.8 Å². The van der Waals surface area contributed by atoms with Gasteiger partial charge in [0, 0.05) is 0 Å². The second-order valence-corrected chi connectivity index (χ2v) is 5.52. The molecule has 0 rings (SSSR count). The van der Waals surface area contributed by atoms with Gasteiger partial charge in [-0.3, -0.25) is 4.79 Å². The van der Waals surface area contributed by atoms with Crippen molar-refractivity contribution in [2.75, 3.05) is 0 Å². The summed E-state index contributed by atoms with van der Waals surface area (Å²) in [5, 5.41) is 0. The molecule has 0 amide bonds. The summed E-state index contributed by atoms with van der Waals surface area (Å²) in [4.78, 5) is 11.4. The molecule has 1 unspecified atom stereocenters. The monoisotopic (exact) mass is 308 g/mol. The normalized spacial score (nSPS) is 15.3. The molecule has 0 aliphatic carbocycles. The molecule has 0 saturated heterocycles. The van der Waals surface area contributed by atoms with Crippen LogP contribution in [0.25, 0.3) is 0 Å². The molecule has 0 bridgehead atoms. The largest absolute Gasteiger partial charge is 0.443 e. The fourth-order valence-corrected chi connectivity index (χ4v) is 1.61. The first-order valence-electron chi connectivity index (χ1n) is 6.04. The van der Waals surface area contributed by atoms with Crippen LogP contribution in [-0.4, -0.2) is 24.4 Å². The molecule has 1 atom stereocenters. The van der Waals surface area contributed by atoms with Crippen LogP contribution in [0, 0.1) is 11.3 Å². The highest BCUT2D eigenvalue weighted by atomic mass is 19.4. The topological polar surface area (TPSA) is 26.3 Å². The van der Waals surface area contributed by atoms with Crippen LogP contribution in [0.2, 0.25) is 0 Å². The molecule has 0 aliphatic rings. The van der Waals surface area contributed by atoms with E-state index in [1.165, 1.54) is 6.92 Å². The first-order valence-corrected chi connectivity index (χ1v) is 6.04. The molecule has 120 valence electrons. The first kappa shape index (κ1) is 19.1. The van der Waals surface area contributed by atoms with E-state index in [4.69, 9.17) is 0 Å². The standard InChI is InChI=1S/C12H18F6O2/c1-5-10(3,4)6-7(2)8(19)20-9(11(13,14)15)12(16,17)18/h7,9H,5-6H2,1-4H3. The van der Waals surface area contributed by atoms with Crippen LogP contribution in [-0.2, 0) is 9.53 Å². The van der Waals surface area contributed by atoms with Crippen molar-refractivity contribution in [2.45, 2.75) is 59.0 Å². The van der Waals surface area contributed by atoms with Gasteiger partial charge in [0.15, 0.2) is 0 Å². The molecule has 8 heteroatoms. The maximum absolute atomic E-state index is 12.2.